The Balaban J connectivity index is 2.71. The van der Waals surface area contributed by atoms with Gasteiger partial charge >= 0.3 is 5.97 Å². The highest BCUT2D eigenvalue weighted by molar-refractivity contribution is 5.79. The monoisotopic (exact) mass is 207 g/mol. The minimum Gasteiger partial charge on any atom is -0.481 e. The van der Waals surface area contributed by atoms with E-state index < -0.39 is 11.4 Å². The fraction of sp³-hybridized carbons (Fsp3) is 0.375. The van der Waals surface area contributed by atoms with Gasteiger partial charge in [-0.2, -0.15) is 4.52 Å². The van der Waals surface area contributed by atoms with E-state index in [9.17, 15) is 4.79 Å². The van der Waals surface area contributed by atoms with E-state index in [1.807, 2.05) is 0 Å². The topological polar surface area (TPSA) is 93.3 Å². The molecule has 2 aromatic heterocycles. The van der Waals surface area contributed by atoms with E-state index in [0.717, 1.165) is 0 Å². The van der Waals surface area contributed by atoms with Crippen LogP contribution in [0.2, 0.25) is 0 Å². The third-order valence-electron chi connectivity index (χ3n) is 2.28. The standard InChI is InChI=1S/C8H9N5O2/c1-8(2,7(14)15)5-3-9-4-6-10-11-12-13(5)6/h3-4H,1-2H3,(H,14,15). The molecule has 0 saturated heterocycles. The van der Waals surface area contributed by atoms with E-state index in [-0.39, 0.29) is 0 Å². The maximum absolute atomic E-state index is 11.1. The van der Waals surface area contributed by atoms with Gasteiger partial charge in [-0.05, 0) is 24.3 Å². The summed E-state index contributed by atoms with van der Waals surface area (Å²) < 4.78 is 1.38. The Kier molecular flexibility index (Phi) is 1.88. The average Bonchev–Trinajstić information content (AvgIpc) is 2.64. The summed E-state index contributed by atoms with van der Waals surface area (Å²) in [4.78, 5) is 15.0. The van der Waals surface area contributed by atoms with Crippen molar-refractivity contribution < 1.29 is 9.90 Å². The van der Waals surface area contributed by atoms with Crippen LogP contribution in [-0.4, -0.2) is 36.1 Å². The molecule has 0 unspecified atom stereocenters. The number of aromatic nitrogens is 5. The molecule has 2 heterocycles. The van der Waals surface area contributed by atoms with Crippen molar-refractivity contribution in [2.45, 2.75) is 19.3 Å². The Bertz CT molecular complexity index is 518. The number of carbonyl (C=O) groups is 1. The lowest BCUT2D eigenvalue weighted by Gasteiger charge is -2.18. The molecule has 2 rings (SSSR count). The number of hydrogen-bond acceptors (Lipinski definition) is 5. The van der Waals surface area contributed by atoms with Gasteiger partial charge in [0.05, 0.1) is 11.9 Å². The van der Waals surface area contributed by atoms with Gasteiger partial charge in [-0.15, -0.1) is 5.10 Å². The molecule has 7 heteroatoms. The minimum absolute atomic E-state index is 0.432. The second-order valence-corrected chi connectivity index (χ2v) is 3.67. The van der Waals surface area contributed by atoms with Crippen LogP contribution in [0.25, 0.3) is 5.65 Å². The van der Waals surface area contributed by atoms with E-state index in [0.29, 0.717) is 11.3 Å². The Labute approximate surface area is 84.7 Å². The van der Waals surface area contributed by atoms with Crippen LogP contribution in [-0.2, 0) is 10.2 Å². The van der Waals surface area contributed by atoms with Crippen LogP contribution in [0.3, 0.4) is 0 Å². The number of tetrazole rings is 1. The lowest BCUT2D eigenvalue weighted by molar-refractivity contribution is -0.142. The van der Waals surface area contributed by atoms with E-state index in [1.165, 1.54) is 16.9 Å². The third kappa shape index (κ3) is 1.32. The van der Waals surface area contributed by atoms with Crippen molar-refractivity contribution in [1.29, 1.82) is 0 Å². The quantitative estimate of drug-likeness (QED) is 0.737. The van der Waals surface area contributed by atoms with Crippen molar-refractivity contribution >= 4 is 11.6 Å². The molecule has 7 nitrogen and oxygen atoms in total. The molecule has 0 spiro atoms. The summed E-state index contributed by atoms with van der Waals surface area (Å²) >= 11 is 0. The zero-order chi connectivity index (χ0) is 11.1. The van der Waals surface area contributed by atoms with Crippen molar-refractivity contribution in [1.82, 2.24) is 25.0 Å². The largest absolute Gasteiger partial charge is 0.481 e. The molecule has 0 aliphatic carbocycles. The molecule has 0 radical (unpaired) electrons. The van der Waals surface area contributed by atoms with Gasteiger partial charge in [-0.1, -0.05) is 0 Å². The summed E-state index contributed by atoms with van der Waals surface area (Å²) in [7, 11) is 0. The predicted octanol–water partition coefficient (Wildman–Crippen LogP) is -0.119. The number of hydrogen-bond donors (Lipinski definition) is 1. The SMILES string of the molecule is CC(C)(C(=O)O)c1cncc2nnnn12. The number of fused-ring (bicyclic) bond motifs is 1. The molecule has 0 aliphatic rings. The highest BCUT2D eigenvalue weighted by Crippen LogP contribution is 2.22. The first-order valence-electron chi connectivity index (χ1n) is 4.29. The predicted molar refractivity (Wildman–Crippen MR) is 49.2 cm³/mol. The van der Waals surface area contributed by atoms with Crippen LogP contribution < -0.4 is 0 Å². The maximum atomic E-state index is 11.1. The first kappa shape index (κ1) is 9.50. The maximum Gasteiger partial charge on any atom is 0.315 e. The molecule has 0 aromatic carbocycles. The fourth-order valence-corrected chi connectivity index (χ4v) is 1.21. The lowest BCUT2D eigenvalue weighted by atomic mass is 9.90. The Morgan fingerprint density at radius 1 is 1.47 bits per heavy atom. The van der Waals surface area contributed by atoms with E-state index in [4.69, 9.17) is 5.11 Å². The molecule has 1 N–H and O–H groups in total. The summed E-state index contributed by atoms with van der Waals surface area (Å²) in [6.45, 7) is 3.15. The zero-order valence-electron chi connectivity index (χ0n) is 8.25. The van der Waals surface area contributed by atoms with Crippen molar-refractivity contribution in [3.05, 3.63) is 18.1 Å². The first-order chi connectivity index (χ1) is 7.03. The van der Waals surface area contributed by atoms with Gasteiger partial charge in [0.25, 0.3) is 0 Å². The van der Waals surface area contributed by atoms with Gasteiger partial charge in [-0.3, -0.25) is 9.78 Å². The molecule has 78 valence electrons. The summed E-state index contributed by atoms with van der Waals surface area (Å²) in [5.41, 5.74) is -0.207. The van der Waals surface area contributed by atoms with Gasteiger partial charge in [0, 0.05) is 6.20 Å². The molecule has 0 amide bonds. The molecule has 0 bridgehead atoms. The Morgan fingerprint density at radius 2 is 2.20 bits per heavy atom. The molecule has 0 atom stereocenters. The summed E-state index contributed by atoms with van der Waals surface area (Å²) in [5.74, 6) is -0.952. The molecule has 2 aromatic rings. The molecule has 0 saturated carbocycles. The molecular weight excluding hydrogens is 198 g/mol. The van der Waals surface area contributed by atoms with Crippen LogP contribution >= 0.6 is 0 Å². The number of rotatable bonds is 2. The number of nitrogens with zero attached hydrogens (tertiary/aromatic N) is 5. The summed E-state index contributed by atoms with van der Waals surface area (Å²) in [5, 5.41) is 20.0. The van der Waals surface area contributed by atoms with Gasteiger partial charge in [-0.25, -0.2) is 0 Å². The smallest absolute Gasteiger partial charge is 0.315 e. The second kappa shape index (κ2) is 2.97. The van der Waals surface area contributed by atoms with Gasteiger partial charge in [0.2, 0.25) is 0 Å². The normalized spacial score (nSPS) is 11.9. The Hall–Kier alpha value is -2.05. The van der Waals surface area contributed by atoms with Gasteiger partial charge in [0.1, 0.15) is 5.41 Å². The van der Waals surface area contributed by atoms with E-state index in [1.54, 1.807) is 13.8 Å². The Morgan fingerprint density at radius 3 is 2.87 bits per heavy atom. The molecule has 0 aliphatic heterocycles. The number of aliphatic carboxylic acids is 1. The second-order valence-electron chi connectivity index (χ2n) is 3.67. The highest BCUT2D eigenvalue weighted by atomic mass is 16.4. The zero-order valence-corrected chi connectivity index (χ0v) is 8.25. The fourth-order valence-electron chi connectivity index (χ4n) is 1.21. The van der Waals surface area contributed by atoms with Crippen LogP contribution in [0.4, 0.5) is 0 Å². The molecule has 15 heavy (non-hydrogen) atoms. The van der Waals surface area contributed by atoms with Gasteiger partial charge < -0.3 is 5.11 Å². The van der Waals surface area contributed by atoms with E-state index >= 15 is 0 Å². The highest BCUT2D eigenvalue weighted by Gasteiger charge is 2.32. The first-order valence-corrected chi connectivity index (χ1v) is 4.29. The van der Waals surface area contributed by atoms with Crippen LogP contribution in [0.15, 0.2) is 12.4 Å². The number of carboxylic acid groups (broad SMARTS) is 1. The average molecular weight is 207 g/mol. The van der Waals surface area contributed by atoms with Crippen molar-refractivity contribution in [3.63, 3.8) is 0 Å². The van der Waals surface area contributed by atoms with Crippen LogP contribution in [0.1, 0.15) is 19.5 Å². The summed E-state index contributed by atoms with van der Waals surface area (Å²) in [6, 6.07) is 0. The molecule has 0 fully saturated rings. The van der Waals surface area contributed by atoms with E-state index in [2.05, 4.69) is 20.5 Å². The number of carboxylic acids is 1. The lowest BCUT2D eigenvalue weighted by Crippen LogP contribution is -2.31. The van der Waals surface area contributed by atoms with Gasteiger partial charge in [0.15, 0.2) is 5.65 Å². The van der Waals surface area contributed by atoms with Crippen LogP contribution in [0.5, 0.6) is 0 Å². The van der Waals surface area contributed by atoms with Crippen molar-refractivity contribution in [3.8, 4) is 0 Å². The summed E-state index contributed by atoms with van der Waals surface area (Å²) in [6.07, 6.45) is 2.93. The minimum atomic E-state index is -1.08. The van der Waals surface area contributed by atoms with Crippen LogP contribution in [0, 0.1) is 0 Å². The molecular formula is C8H9N5O2. The third-order valence-corrected chi connectivity index (χ3v) is 2.28. The van der Waals surface area contributed by atoms with Crippen molar-refractivity contribution in [2.24, 2.45) is 0 Å². The van der Waals surface area contributed by atoms with Crippen molar-refractivity contribution in [2.75, 3.05) is 0 Å².